The van der Waals surface area contributed by atoms with Gasteiger partial charge in [-0.3, -0.25) is 4.79 Å². The number of alkyl halides is 2. The molecule has 0 bridgehead atoms. The number of nitrogens with one attached hydrogen (secondary N) is 1. The van der Waals surface area contributed by atoms with Crippen LogP contribution in [-0.4, -0.2) is 60.3 Å². The van der Waals surface area contributed by atoms with Gasteiger partial charge in [0.25, 0.3) is 0 Å². The van der Waals surface area contributed by atoms with Gasteiger partial charge < -0.3 is 24.4 Å². The zero-order valence-electron chi connectivity index (χ0n) is 21.6. The number of hydrogen-bond donors (Lipinski definition) is 1. The molecule has 37 heavy (non-hydrogen) atoms. The van der Waals surface area contributed by atoms with Gasteiger partial charge in [-0.1, -0.05) is 38.1 Å². The van der Waals surface area contributed by atoms with E-state index in [1.54, 1.807) is 25.1 Å². The standard InChI is InChI=1S/C26H31F2N3O6/c1-15(2)17-9-7-8-10-18(17)26(13-31(14-26)24(34)37-25(4,5)22(33)35-6)21(32)30-19-12-11-16(3)29-20(19)36-23(27)28/h7-12,15,23H,13-14H2,1-6H3,(H,30,32). The topological polar surface area (TPSA) is 107 Å². The highest BCUT2D eigenvalue weighted by molar-refractivity contribution is 6.02. The van der Waals surface area contributed by atoms with Crippen LogP contribution in [0.15, 0.2) is 36.4 Å². The van der Waals surface area contributed by atoms with E-state index in [1.165, 1.54) is 31.9 Å². The molecule has 1 aliphatic heterocycles. The van der Waals surface area contributed by atoms with Crippen LogP contribution >= 0.6 is 0 Å². The number of methoxy groups -OCH3 is 1. The Balaban J connectivity index is 1.95. The van der Waals surface area contributed by atoms with E-state index >= 15 is 0 Å². The van der Waals surface area contributed by atoms with E-state index in [-0.39, 0.29) is 24.7 Å². The van der Waals surface area contributed by atoms with Gasteiger partial charge in [0.2, 0.25) is 17.4 Å². The monoisotopic (exact) mass is 519 g/mol. The second kappa shape index (κ2) is 10.7. The summed E-state index contributed by atoms with van der Waals surface area (Å²) in [6.07, 6.45) is -0.792. The maximum atomic E-state index is 13.8. The smallest absolute Gasteiger partial charge is 0.410 e. The van der Waals surface area contributed by atoms with Gasteiger partial charge in [0.15, 0.2) is 0 Å². The first kappa shape index (κ1) is 27.8. The van der Waals surface area contributed by atoms with E-state index in [9.17, 15) is 23.2 Å². The number of likely N-dealkylation sites (tertiary alicyclic amines) is 1. The second-order valence-electron chi connectivity index (χ2n) is 9.69. The Bertz CT molecular complexity index is 1180. The highest BCUT2D eigenvalue weighted by Gasteiger charge is 2.55. The van der Waals surface area contributed by atoms with Crippen LogP contribution in [0, 0.1) is 6.92 Å². The first-order valence-corrected chi connectivity index (χ1v) is 11.7. The van der Waals surface area contributed by atoms with Crippen LogP contribution in [0.5, 0.6) is 5.88 Å². The molecule has 2 heterocycles. The van der Waals surface area contributed by atoms with Crippen molar-refractivity contribution in [1.29, 1.82) is 0 Å². The van der Waals surface area contributed by atoms with Gasteiger partial charge in [0.05, 0.1) is 7.11 Å². The lowest BCUT2D eigenvalue weighted by atomic mass is 9.70. The molecule has 0 atom stereocenters. The molecule has 0 saturated carbocycles. The van der Waals surface area contributed by atoms with E-state index in [1.807, 2.05) is 26.0 Å². The van der Waals surface area contributed by atoms with Crippen LogP contribution in [0.1, 0.15) is 50.4 Å². The fourth-order valence-electron chi connectivity index (χ4n) is 4.22. The van der Waals surface area contributed by atoms with Crippen molar-refractivity contribution >= 4 is 23.7 Å². The fraction of sp³-hybridized carbons (Fsp3) is 0.462. The third kappa shape index (κ3) is 5.81. The van der Waals surface area contributed by atoms with Crippen LogP contribution in [-0.2, 0) is 24.5 Å². The Kier molecular flexibility index (Phi) is 8.04. The van der Waals surface area contributed by atoms with Crippen LogP contribution in [0.4, 0.5) is 19.3 Å². The van der Waals surface area contributed by atoms with Crippen molar-refractivity contribution in [3.8, 4) is 5.88 Å². The molecule has 1 aromatic carbocycles. The highest BCUT2D eigenvalue weighted by Crippen LogP contribution is 2.41. The van der Waals surface area contributed by atoms with Gasteiger partial charge in [0.1, 0.15) is 11.1 Å². The molecular weight excluding hydrogens is 488 g/mol. The third-order valence-corrected chi connectivity index (χ3v) is 6.18. The second-order valence-corrected chi connectivity index (χ2v) is 9.69. The van der Waals surface area contributed by atoms with Gasteiger partial charge in [0, 0.05) is 18.8 Å². The molecule has 0 spiro atoms. The summed E-state index contributed by atoms with van der Waals surface area (Å²) in [6.45, 7) is 5.10. The minimum atomic E-state index is -3.13. The lowest BCUT2D eigenvalue weighted by Gasteiger charge is -2.49. The Morgan fingerprint density at radius 1 is 1.11 bits per heavy atom. The van der Waals surface area contributed by atoms with E-state index in [4.69, 9.17) is 4.74 Å². The molecule has 11 heteroatoms. The summed E-state index contributed by atoms with van der Waals surface area (Å²) in [4.78, 5) is 43.9. The lowest BCUT2D eigenvalue weighted by Crippen LogP contribution is -2.67. The van der Waals surface area contributed by atoms with Crippen LogP contribution in [0.25, 0.3) is 0 Å². The summed E-state index contributed by atoms with van der Waals surface area (Å²) in [5.74, 6) is -1.61. The minimum Gasteiger partial charge on any atom is -0.466 e. The van der Waals surface area contributed by atoms with Crippen molar-refractivity contribution in [1.82, 2.24) is 9.88 Å². The van der Waals surface area contributed by atoms with Crippen LogP contribution in [0.2, 0.25) is 0 Å². The van der Waals surface area contributed by atoms with E-state index in [2.05, 4.69) is 19.8 Å². The Morgan fingerprint density at radius 2 is 1.76 bits per heavy atom. The average Bonchev–Trinajstić information content (AvgIpc) is 2.79. The molecule has 2 amide bonds. The highest BCUT2D eigenvalue weighted by atomic mass is 19.3. The maximum absolute atomic E-state index is 13.8. The normalized spacial score (nSPS) is 14.7. The molecule has 1 saturated heterocycles. The summed E-state index contributed by atoms with van der Waals surface area (Å²) >= 11 is 0. The molecule has 1 N–H and O–H groups in total. The van der Waals surface area contributed by atoms with Gasteiger partial charge in [-0.25, -0.2) is 14.6 Å². The SMILES string of the molecule is COC(=O)C(C)(C)OC(=O)N1CC(C(=O)Nc2ccc(C)nc2OC(F)F)(c2ccccc2C(C)C)C1. The number of nitrogens with zero attached hydrogens (tertiary/aromatic N) is 2. The van der Waals surface area contributed by atoms with Crippen LogP contribution < -0.4 is 10.1 Å². The molecular formula is C26H31F2N3O6. The number of aromatic nitrogens is 1. The van der Waals surface area contributed by atoms with Crippen molar-refractivity contribution in [2.24, 2.45) is 0 Å². The number of hydrogen-bond acceptors (Lipinski definition) is 7. The molecule has 1 aliphatic rings. The Morgan fingerprint density at radius 3 is 2.35 bits per heavy atom. The average molecular weight is 520 g/mol. The van der Waals surface area contributed by atoms with Crippen molar-refractivity contribution in [3.63, 3.8) is 0 Å². The first-order valence-electron chi connectivity index (χ1n) is 11.7. The molecule has 0 aliphatic carbocycles. The van der Waals surface area contributed by atoms with Crippen LogP contribution in [0.3, 0.4) is 0 Å². The largest absolute Gasteiger partial charge is 0.466 e. The predicted octanol–water partition coefficient (Wildman–Crippen LogP) is 4.40. The summed E-state index contributed by atoms with van der Waals surface area (Å²) in [6, 6.07) is 10.3. The molecule has 1 aromatic heterocycles. The number of ether oxygens (including phenoxy) is 3. The Hall–Kier alpha value is -3.76. The van der Waals surface area contributed by atoms with E-state index in [0.717, 1.165) is 5.56 Å². The fourth-order valence-corrected chi connectivity index (χ4v) is 4.22. The number of anilines is 1. The maximum Gasteiger partial charge on any atom is 0.410 e. The van der Waals surface area contributed by atoms with Crippen molar-refractivity contribution in [3.05, 3.63) is 53.2 Å². The third-order valence-electron chi connectivity index (χ3n) is 6.18. The zero-order chi connectivity index (χ0) is 27.5. The number of benzene rings is 1. The molecule has 9 nitrogen and oxygen atoms in total. The molecule has 2 aromatic rings. The van der Waals surface area contributed by atoms with E-state index < -0.39 is 41.5 Å². The van der Waals surface area contributed by atoms with Crippen molar-refractivity contribution in [2.75, 3.05) is 25.5 Å². The zero-order valence-corrected chi connectivity index (χ0v) is 21.6. The van der Waals surface area contributed by atoms with E-state index in [0.29, 0.717) is 11.3 Å². The summed E-state index contributed by atoms with van der Waals surface area (Å²) in [7, 11) is 1.19. The first-order chi connectivity index (χ1) is 17.3. The quantitative estimate of drug-likeness (QED) is 0.516. The number of carbonyl (C=O) groups is 3. The van der Waals surface area contributed by atoms with Gasteiger partial charge in [-0.15, -0.1) is 0 Å². The molecule has 0 unspecified atom stereocenters. The summed E-state index contributed by atoms with van der Waals surface area (Å²) in [5.41, 5.74) is -0.759. The van der Waals surface area contributed by atoms with Crippen molar-refractivity contribution in [2.45, 2.75) is 58.2 Å². The van der Waals surface area contributed by atoms with Crippen molar-refractivity contribution < 1.29 is 37.4 Å². The number of esters is 1. The summed E-state index contributed by atoms with van der Waals surface area (Å²) < 4.78 is 40.5. The minimum absolute atomic E-state index is 0.0230. The molecule has 200 valence electrons. The molecule has 1 fully saturated rings. The number of amides is 2. The molecule has 0 radical (unpaired) electrons. The number of aryl methyl sites for hydroxylation is 1. The Labute approximate surface area is 214 Å². The number of pyridine rings is 1. The number of halogens is 2. The van der Waals surface area contributed by atoms with Gasteiger partial charge in [-0.2, -0.15) is 8.78 Å². The number of carbonyl (C=O) groups excluding carboxylic acids is 3. The molecule has 3 rings (SSSR count). The van der Waals surface area contributed by atoms with Gasteiger partial charge >= 0.3 is 18.7 Å². The predicted molar refractivity (Wildman–Crippen MR) is 131 cm³/mol. The number of rotatable bonds is 8. The lowest BCUT2D eigenvalue weighted by molar-refractivity contribution is -0.160. The van der Waals surface area contributed by atoms with Gasteiger partial charge in [-0.05, 0) is 49.9 Å². The summed E-state index contributed by atoms with van der Waals surface area (Å²) in [5, 5.41) is 2.67.